The summed E-state index contributed by atoms with van der Waals surface area (Å²) in [4.78, 5) is 14.0. The van der Waals surface area contributed by atoms with Gasteiger partial charge in [-0.25, -0.2) is 0 Å². The van der Waals surface area contributed by atoms with Crippen LogP contribution in [0.5, 0.6) is 0 Å². The molecule has 0 spiro atoms. The zero-order valence-electron chi connectivity index (χ0n) is 10.6. The van der Waals surface area contributed by atoms with Gasteiger partial charge in [0, 0.05) is 31.8 Å². The van der Waals surface area contributed by atoms with Crippen LogP contribution in [0.15, 0.2) is 18.2 Å². The van der Waals surface area contributed by atoms with Crippen molar-refractivity contribution in [2.24, 2.45) is 5.73 Å². The summed E-state index contributed by atoms with van der Waals surface area (Å²) < 4.78 is 5.08. The number of ether oxygens (including phenoxy) is 1. The van der Waals surface area contributed by atoms with Crippen LogP contribution >= 0.6 is 0 Å². The molecule has 1 aromatic carbocycles. The highest BCUT2D eigenvalue weighted by Crippen LogP contribution is 2.48. The van der Waals surface area contributed by atoms with Crippen LogP contribution in [0.3, 0.4) is 0 Å². The number of nitrogens with two attached hydrogens (primary N) is 1. The first kappa shape index (κ1) is 11.7. The summed E-state index contributed by atoms with van der Waals surface area (Å²) in [6, 6.07) is 6.19. The van der Waals surface area contributed by atoms with Gasteiger partial charge in [-0.15, -0.1) is 0 Å². The molecule has 0 fully saturated rings. The molecule has 2 N–H and O–H groups in total. The topological polar surface area (TPSA) is 55.6 Å². The molecule has 1 heterocycles. The quantitative estimate of drug-likeness (QED) is 0.880. The Morgan fingerprint density at radius 2 is 2.33 bits per heavy atom. The van der Waals surface area contributed by atoms with Crippen molar-refractivity contribution in [3.05, 3.63) is 29.3 Å². The normalized spacial score (nSPS) is 25.4. The number of carbonyl (C=O) groups is 1. The van der Waals surface area contributed by atoms with E-state index in [9.17, 15) is 4.79 Å². The van der Waals surface area contributed by atoms with Crippen molar-refractivity contribution >= 4 is 11.6 Å². The third-order valence-corrected chi connectivity index (χ3v) is 3.99. The summed E-state index contributed by atoms with van der Waals surface area (Å²) in [6.07, 6.45) is 1.48. The van der Waals surface area contributed by atoms with Gasteiger partial charge in [0.05, 0.1) is 6.61 Å². The van der Waals surface area contributed by atoms with Gasteiger partial charge in [0.1, 0.15) is 0 Å². The maximum Gasteiger partial charge on any atom is 0.227 e. The van der Waals surface area contributed by atoms with Crippen LogP contribution in [0.25, 0.3) is 0 Å². The average molecular weight is 246 g/mol. The second-order valence-corrected chi connectivity index (χ2v) is 5.06. The maximum absolute atomic E-state index is 12.2. The molecule has 1 aliphatic carbocycles. The second kappa shape index (κ2) is 4.37. The first-order valence-electron chi connectivity index (χ1n) is 6.40. The Labute approximate surface area is 107 Å². The SMILES string of the molecule is COCCN1C(=O)CC2CC(N)c3cccc1c32. The highest BCUT2D eigenvalue weighted by Gasteiger charge is 2.38. The predicted octanol–water partition coefficient (Wildman–Crippen LogP) is 1.56. The molecule has 18 heavy (non-hydrogen) atoms. The zero-order valence-corrected chi connectivity index (χ0v) is 10.6. The second-order valence-electron chi connectivity index (χ2n) is 5.06. The average Bonchev–Trinajstić information content (AvgIpc) is 2.67. The van der Waals surface area contributed by atoms with E-state index < -0.39 is 0 Å². The molecule has 1 aromatic rings. The van der Waals surface area contributed by atoms with Crippen molar-refractivity contribution < 1.29 is 9.53 Å². The predicted molar refractivity (Wildman–Crippen MR) is 69.6 cm³/mol. The van der Waals surface area contributed by atoms with E-state index >= 15 is 0 Å². The standard InChI is InChI=1S/C14H18N2O2/c1-18-6-5-16-12-4-2-3-10-11(15)7-9(14(10)12)8-13(16)17/h2-4,9,11H,5-8,15H2,1H3. The van der Waals surface area contributed by atoms with Gasteiger partial charge in [-0.1, -0.05) is 12.1 Å². The van der Waals surface area contributed by atoms with Gasteiger partial charge in [-0.3, -0.25) is 4.79 Å². The molecule has 0 bridgehead atoms. The summed E-state index contributed by atoms with van der Waals surface area (Å²) in [7, 11) is 1.66. The van der Waals surface area contributed by atoms with Gasteiger partial charge in [0.25, 0.3) is 0 Å². The Bertz CT molecular complexity index is 487. The molecule has 2 atom stereocenters. The molecular weight excluding hydrogens is 228 g/mol. The summed E-state index contributed by atoms with van der Waals surface area (Å²) in [5, 5.41) is 0. The number of nitrogens with zero attached hydrogens (tertiary/aromatic N) is 1. The summed E-state index contributed by atoms with van der Waals surface area (Å²) in [5.41, 5.74) is 9.69. The van der Waals surface area contributed by atoms with Crippen LogP contribution in [0, 0.1) is 0 Å². The lowest BCUT2D eigenvalue weighted by atomic mass is 9.91. The van der Waals surface area contributed by atoms with Gasteiger partial charge in [0.15, 0.2) is 0 Å². The van der Waals surface area contributed by atoms with Gasteiger partial charge in [0.2, 0.25) is 5.91 Å². The van der Waals surface area contributed by atoms with E-state index in [1.165, 1.54) is 11.1 Å². The number of carbonyl (C=O) groups excluding carboxylic acids is 1. The van der Waals surface area contributed by atoms with Crippen molar-refractivity contribution in [3.8, 4) is 0 Å². The number of amides is 1. The fraction of sp³-hybridized carbons (Fsp3) is 0.500. The van der Waals surface area contributed by atoms with E-state index in [1.807, 2.05) is 17.0 Å². The number of hydrogen-bond donors (Lipinski definition) is 1. The molecular formula is C14H18N2O2. The highest BCUT2D eigenvalue weighted by atomic mass is 16.5. The molecule has 0 saturated heterocycles. The van der Waals surface area contributed by atoms with Crippen molar-refractivity contribution in [1.29, 1.82) is 0 Å². The molecule has 1 amide bonds. The van der Waals surface area contributed by atoms with Gasteiger partial charge >= 0.3 is 0 Å². The molecule has 4 heteroatoms. The highest BCUT2D eigenvalue weighted by molar-refractivity contribution is 5.97. The Balaban J connectivity index is 2.03. The van der Waals surface area contributed by atoms with E-state index in [2.05, 4.69) is 6.07 Å². The van der Waals surface area contributed by atoms with Gasteiger partial charge < -0.3 is 15.4 Å². The molecule has 96 valence electrons. The molecule has 0 radical (unpaired) electrons. The number of anilines is 1. The largest absolute Gasteiger partial charge is 0.383 e. The molecule has 2 aliphatic rings. The Morgan fingerprint density at radius 3 is 3.11 bits per heavy atom. The van der Waals surface area contributed by atoms with E-state index in [0.717, 1.165) is 12.1 Å². The van der Waals surface area contributed by atoms with Crippen molar-refractivity contribution in [2.45, 2.75) is 24.8 Å². The fourth-order valence-electron chi connectivity index (χ4n) is 3.19. The van der Waals surface area contributed by atoms with Crippen LogP contribution < -0.4 is 10.6 Å². The van der Waals surface area contributed by atoms with Gasteiger partial charge in [-0.05, 0) is 29.5 Å². The number of benzene rings is 1. The molecule has 2 unspecified atom stereocenters. The third kappa shape index (κ3) is 1.64. The number of rotatable bonds is 3. The minimum Gasteiger partial charge on any atom is -0.383 e. The monoisotopic (exact) mass is 246 g/mol. The van der Waals surface area contributed by atoms with Crippen LogP contribution in [-0.2, 0) is 9.53 Å². The minimum absolute atomic E-state index is 0.0834. The van der Waals surface area contributed by atoms with Crippen LogP contribution in [0.1, 0.15) is 35.9 Å². The van der Waals surface area contributed by atoms with Crippen molar-refractivity contribution in [2.75, 3.05) is 25.2 Å². The minimum atomic E-state index is 0.0834. The lowest BCUT2D eigenvalue weighted by Gasteiger charge is -2.32. The summed E-state index contributed by atoms with van der Waals surface area (Å²) >= 11 is 0. The fourth-order valence-corrected chi connectivity index (χ4v) is 3.19. The zero-order chi connectivity index (χ0) is 12.7. The molecule has 0 saturated carbocycles. The Hall–Kier alpha value is -1.39. The van der Waals surface area contributed by atoms with Gasteiger partial charge in [-0.2, -0.15) is 0 Å². The summed E-state index contributed by atoms with van der Waals surface area (Å²) in [6.45, 7) is 1.18. The Kier molecular flexibility index (Phi) is 2.84. The lowest BCUT2D eigenvalue weighted by molar-refractivity contribution is -0.119. The lowest BCUT2D eigenvalue weighted by Crippen LogP contribution is -2.38. The Morgan fingerprint density at radius 1 is 1.50 bits per heavy atom. The maximum atomic E-state index is 12.2. The van der Waals surface area contributed by atoms with Crippen LogP contribution in [-0.4, -0.2) is 26.2 Å². The van der Waals surface area contributed by atoms with Crippen LogP contribution in [0.4, 0.5) is 5.69 Å². The number of hydrogen-bond acceptors (Lipinski definition) is 3. The first-order valence-corrected chi connectivity index (χ1v) is 6.40. The number of methoxy groups -OCH3 is 1. The van der Waals surface area contributed by atoms with E-state index in [0.29, 0.717) is 25.5 Å². The molecule has 0 aromatic heterocycles. The van der Waals surface area contributed by atoms with E-state index in [1.54, 1.807) is 7.11 Å². The summed E-state index contributed by atoms with van der Waals surface area (Å²) in [5.74, 6) is 0.508. The molecule has 1 aliphatic heterocycles. The van der Waals surface area contributed by atoms with E-state index in [4.69, 9.17) is 10.5 Å². The van der Waals surface area contributed by atoms with Crippen molar-refractivity contribution in [1.82, 2.24) is 0 Å². The van der Waals surface area contributed by atoms with Crippen molar-refractivity contribution in [3.63, 3.8) is 0 Å². The van der Waals surface area contributed by atoms with E-state index in [-0.39, 0.29) is 11.9 Å². The molecule has 3 rings (SSSR count). The third-order valence-electron chi connectivity index (χ3n) is 3.99. The smallest absolute Gasteiger partial charge is 0.227 e. The first-order chi connectivity index (χ1) is 8.72. The molecule has 4 nitrogen and oxygen atoms in total. The van der Waals surface area contributed by atoms with Crippen LogP contribution in [0.2, 0.25) is 0 Å².